The van der Waals surface area contributed by atoms with Crippen LogP contribution >= 0.6 is 11.6 Å². The van der Waals surface area contributed by atoms with Gasteiger partial charge < -0.3 is 14.2 Å². The predicted molar refractivity (Wildman–Crippen MR) is 80.1 cm³/mol. The van der Waals surface area contributed by atoms with Crippen LogP contribution in [0.3, 0.4) is 0 Å². The van der Waals surface area contributed by atoms with Crippen LogP contribution in [0.15, 0.2) is 42.5 Å². The van der Waals surface area contributed by atoms with E-state index >= 15 is 0 Å². The van der Waals surface area contributed by atoms with Crippen LogP contribution in [0, 0.1) is 6.92 Å². The molecule has 0 aromatic heterocycles. The zero-order valence-electron chi connectivity index (χ0n) is 11.8. The molecule has 110 valence electrons. The van der Waals surface area contributed by atoms with Gasteiger partial charge in [-0.05, 0) is 30.7 Å². The second kappa shape index (κ2) is 7.11. The average molecular weight is 307 g/mol. The zero-order chi connectivity index (χ0) is 15.2. The lowest BCUT2D eigenvalue weighted by molar-refractivity contribution is 0.0505. The molecule has 0 bridgehead atoms. The lowest BCUT2D eigenvalue weighted by Crippen LogP contribution is -2.08. The molecular weight excluding hydrogens is 292 g/mol. The number of carbonyl (C=O) groups excluding carboxylic acids is 1. The van der Waals surface area contributed by atoms with E-state index in [2.05, 4.69) is 0 Å². The lowest BCUT2D eigenvalue weighted by Gasteiger charge is -2.12. The molecule has 2 aromatic carbocycles. The summed E-state index contributed by atoms with van der Waals surface area (Å²) in [6.07, 6.45) is 0. The van der Waals surface area contributed by atoms with Crippen molar-refractivity contribution in [3.63, 3.8) is 0 Å². The number of carbonyl (C=O) groups is 1. The quantitative estimate of drug-likeness (QED) is 0.478. The van der Waals surface area contributed by atoms with Crippen LogP contribution in [-0.4, -0.2) is 19.9 Å². The SMILES string of the molecule is COCOc1c(C)cc(OC(=O)c2ccccc2)cc1Cl. The van der Waals surface area contributed by atoms with Gasteiger partial charge in [0.2, 0.25) is 0 Å². The number of hydrogen-bond acceptors (Lipinski definition) is 4. The van der Waals surface area contributed by atoms with E-state index in [9.17, 15) is 4.79 Å². The molecule has 0 N–H and O–H groups in total. The van der Waals surface area contributed by atoms with Crippen LogP contribution in [0.5, 0.6) is 11.5 Å². The van der Waals surface area contributed by atoms with Crippen LogP contribution in [0.1, 0.15) is 15.9 Å². The molecule has 0 spiro atoms. The highest BCUT2D eigenvalue weighted by Crippen LogP contribution is 2.33. The number of halogens is 1. The van der Waals surface area contributed by atoms with E-state index in [1.165, 1.54) is 7.11 Å². The number of benzene rings is 2. The molecule has 4 nitrogen and oxygen atoms in total. The standard InChI is InChI=1S/C16H15ClO4/c1-11-8-13(9-14(17)15(11)20-10-19-2)21-16(18)12-6-4-3-5-7-12/h3-9H,10H2,1-2H3. The van der Waals surface area contributed by atoms with Crippen molar-refractivity contribution in [2.75, 3.05) is 13.9 Å². The highest BCUT2D eigenvalue weighted by atomic mass is 35.5. The van der Waals surface area contributed by atoms with Crippen molar-refractivity contribution in [2.24, 2.45) is 0 Å². The second-order valence-electron chi connectivity index (χ2n) is 4.36. The monoisotopic (exact) mass is 306 g/mol. The maximum absolute atomic E-state index is 12.0. The minimum absolute atomic E-state index is 0.101. The van der Waals surface area contributed by atoms with Gasteiger partial charge in [0.05, 0.1) is 10.6 Å². The molecule has 0 heterocycles. The molecule has 0 radical (unpaired) electrons. The normalized spacial score (nSPS) is 10.2. The Labute approximate surface area is 128 Å². The van der Waals surface area contributed by atoms with Crippen molar-refractivity contribution >= 4 is 17.6 Å². The third-order valence-electron chi connectivity index (χ3n) is 2.74. The van der Waals surface area contributed by atoms with E-state index < -0.39 is 5.97 Å². The summed E-state index contributed by atoms with van der Waals surface area (Å²) in [5.41, 5.74) is 1.24. The Morgan fingerprint density at radius 2 is 1.90 bits per heavy atom. The van der Waals surface area contributed by atoms with Crippen molar-refractivity contribution < 1.29 is 19.0 Å². The molecular formula is C16H15ClO4. The van der Waals surface area contributed by atoms with Crippen molar-refractivity contribution in [3.05, 3.63) is 58.6 Å². The number of hydrogen-bond donors (Lipinski definition) is 0. The summed E-state index contributed by atoms with van der Waals surface area (Å²) in [5.74, 6) is 0.450. The first kappa shape index (κ1) is 15.4. The fraction of sp³-hybridized carbons (Fsp3) is 0.188. The van der Waals surface area contributed by atoms with Gasteiger partial charge >= 0.3 is 5.97 Å². The van der Waals surface area contributed by atoms with Crippen molar-refractivity contribution in [3.8, 4) is 11.5 Å². The van der Waals surface area contributed by atoms with Gasteiger partial charge in [0.25, 0.3) is 0 Å². The molecule has 0 saturated carbocycles. The number of methoxy groups -OCH3 is 1. The van der Waals surface area contributed by atoms with Crippen LogP contribution in [0.25, 0.3) is 0 Å². The third kappa shape index (κ3) is 3.97. The summed E-state index contributed by atoms with van der Waals surface area (Å²) in [6.45, 7) is 1.92. The van der Waals surface area contributed by atoms with Gasteiger partial charge in [-0.25, -0.2) is 4.79 Å². The third-order valence-corrected chi connectivity index (χ3v) is 3.02. The van der Waals surface area contributed by atoms with Gasteiger partial charge in [0.15, 0.2) is 6.79 Å². The first-order valence-corrected chi connectivity index (χ1v) is 6.68. The van der Waals surface area contributed by atoms with E-state index in [1.807, 2.05) is 13.0 Å². The number of esters is 1. The molecule has 0 aliphatic heterocycles. The molecule has 2 rings (SSSR count). The van der Waals surface area contributed by atoms with E-state index in [4.69, 9.17) is 25.8 Å². The molecule has 0 fully saturated rings. The minimum atomic E-state index is -0.434. The Morgan fingerprint density at radius 1 is 1.19 bits per heavy atom. The van der Waals surface area contributed by atoms with Crippen LogP contribution < -0.4 is 9.47 Å². The van der Waals surface area contributed by atoms with Crippen LogP contribution in [0.2, 0.25) is 5.02 Å². The summed E-state index contributed by atoms with van der Waals surface area (Å²) >= 11 is 6.13. The maximum atomic E-state index is 12.0. The van der Waals surface area contributed by atoms with Gasteiger partial charge in [0.1, 0.15) is 11.5 Å². The fourth-order valence-corrected chi connectivity index (χ4v) is 2.11. The largest absolute Gasteiger partial charge is 0.466 e. The zero-order valence-corrected chi connectivity index (χ0v) is 12.5. The number of ether oxygens (including phenoxy) is 3. The average Bonchev–Trinajstić information content (AvgIpc) is 2.47. The second-order valence-corrected chi connectivity index (χ2v) is 4.76. The molecule has 2 aromatic rings. The molecule has 0 unspecified atom stereocenters. The van der Waals surface area contributed by atoms with E-state index in [0.29, 0.717) is 22.1 Å². The van der Waals surface area contributed by atoms with E-state index in [1.54, 1.807) is 36.4 Å². The summed E-state index contributed by atoms with van der Waals surface area (Å²) in [5, 5.41) is 0.364. The minimum Gasteiger partial charge on any atom is -0.466 e. The molecule has 0 atom stereocenters. The van der Waals surface area contributed by atoms with Crippen molar-refractivity contribution in [2.45, 2.75) is 6.92 Å². The summed E-state index contributed by atoms with van der Waals surface area (Å²) in [7, 11) is 1.53. The molecule has 0 aliphatic rings. The fourth-order valence-electron chi connectivity index (χ4n) is 1.80. The Bertz CT molecular complexity index is 602. The van der Waals surface area contributed by atoms with Crippen LogP contribution in [0.4, 0.5) is 0 Å². The number of aryl methyl sites for hydroxylation is 1. The Kier molecular flexibility index (Phi) is 5.20. The van der Waals surface area contributed by atoms with Crippen LogP contribution in [-0.2, 0) is 4.74 Å². The first-order chi connectivity index (χ1) is 10.1. The van der Waals surface area contributed by atoms with Crippen molar-refractivity contribution in [1.29, 1.82) is 0 Å². The van der Waals surface area contributed by atoms with Gasteiger partial charge in [-0.3, -0.25) is 0 Å². The van der Waals surface area contributed by atoms with Gasteiger partial charge in [-0.15, -0.1) is 0 Å². The summed E-state index contributed by atoms with van der Waals surface area (Å²) in [6, 6.07) is 12.0. The Hall–Kier alpha value is -2.04. The lowest BCUT2D eigenvalue weighted by atomic mass is 10.2. The molecule has 0 aliphatic carbocycles. The molecule has 0 amide bonds. The predicted octanol–water partition coefficient (Wildman–Crippen LogP) is 3.85. The highest BCUT2D eigenvalue weighted by Gasteiger charge is 2.12. The Balaban J connectivity index is 2.16. The Morgan fingerprint density at radius 3 is 2.52 bits per heavy atom. The van der Waals surface area contributed by atoms with E-state index in [0.717, 1.165) is 5.56 Å². The van der Waals surface area contributed by atoms with E-state index in [-0.39, 0.29) is 6.79 Å². The van der Waals surface area contributed by atoms with Gasteiger partial charge in [-0.2, -0.15) is 0 Å². The summed E-state index contributed by atoms with van der Waals surface area (Å²) < 4.78 is 15.5. The molecule has 0 saturated heterocycles. The van der Waals surface area contributed by atoms with Crippen molar-refractivity contribution in [1.82, 2.24) is 0 Å². The van der Waals surface area contributed by atoms with Gasteiger partial charge in [-0.1, -0.05) is 29.8 Å². The molecule has 21 heavy (non-hydrogen) atoms. The smallest absolute Gasteiger partial charge is 0.343 e. The van der Waals surface area contributed by atoms with Gasteiger partial charge in [0, 0.05) is 13.2 Å². The highest BCUT2D eigenvalue weighted by molar-refractivity contribution is 6.32. The summed E-state index contributed by atoms with van der Waals surface area (Å²) in [4.78, 5) is 12.0. The number of rotatable bonds is 5. The maximum Gasteiger partial charge on any atom is 0.343 e. The first-order valence-electron chi connectivity index (χ1n) is 6.31. The molecule has 5 heteroatoms. The topological polar surface area (TPSA) is 44.8 Å².